The molecule has 0 aliphatic carbocycles. The highest BCUT2D eigenvalue weighted by Crippen LogP contribution is 2.23. The third-order valence-electron chi connectivity index (χ3n) is 3.04. The summed E-state index contributed by atoms with van der Waals surface area (Å²) < 4.78 is 10.2. The van der Waals surface area contributed by atoms with Crippen LogP contribution in [0, 0.1) is 18.3 Å². The summed E-state index contributed by atoms with van der Waals surface area (Å²) in [5, 5.41) is 17.9. The first-order valence-electron chi connectivity index (χ1n) is 6.67. The van der Waals surface area contributed by atoms with Crippen molar-refractivity contribution in [1.82, 2.24) is 0 Å². The molecule has 0 radical (unpaired) electrons. The highest BCUT2D eigenvalue weighted by molar-refractivity contribution is 6.14. The van der Waals surface area contributed by atoms with Gasteiger partial charge in [0.05, 0.1) is 11.8 Å². The molecule has 0 aliphatic rings. The number of aryl methyl sites for hydroxylation is 1. The van der Waals surface area contributed by atoms with Crippen LogP contribution in [0.3, 0.4) is 0 Å². The summed E-state index contributed by atoms with van der Waals surface area (Å²) in [5.41, 5.74) is 0.655. The molecule has 0 amide bonds. The zero-order valence-electron chi connectivity index (χ0n) is 12.3. The monoisotopic (exact) mass is 311 g/mol. The maximum absolute atomic E-state index is 12.4. The third-order valence-corrected chi connectivity index (χ3v) is 3.04. The lowest BCUT2D eigenvalue weighted by molar-refractivity contribution is -0.139. The normalized spacial score (nSPS) is 10.9. The fraction of sp³-hybridized carbons (Fsp3) is 0.118. The molecule has 1 aromatic carbocycles. The first-order valence-corrected chi connectivity index (χ1v) is 6.67. The van der Waals surface area contributed by atoms with Crippen LogP contribution in [-0.4, -0.2) is 23.5 Å². The van der Waals surface area contributed by atoms with Gasteiger partial charge in [0.25, 0.3) is 0 Å². The fourth-order valence-corrected chi connectivity index (χ4v) is 1.94. The Labute approximate surface area is 132 Å². The number of nitriles is 1. The standard InChI is InChI=1S/C17H13NO5/c1-11-14(6-7-22-11)17(21)13(9-18)8-12-4-2-3-5-15(12)23-10-16(19)20/h2-8H,10H2,1H3,(H,19,20)/b13-8+. The predicted molar refractivity (Wildman–Crippen MR) is 80.9 cm³/mol. The summed E-state index contributed by atoms with van der Waals surface area (Å²) in [6.07, 6.45) is 2.74. The largest absolute Gasteiger partial charge is 0.481 e. The van der Waals surface area contributed by atoms with Crippen LogP contribution in [0.5, 0.6) is 5.75 Å². The first-order chi connectivity index (χ1) is 11.0. The van der Waals surface area contributed by atoms with Gasteiger partial charge >= 0.3 is 5.97 Å². The molecule has 0 spiro atoms. The van der Waals surface area contributed by atoms with Crippen molar-refractivity contribution in [3.05, 3.63) is 59.1 Å². The van der Waals surface area contributed by atoms with Crippen LogP contribution < -0.4 is 4.74 Å². The second kappa shape index (κ2) is 7.09. The van der Waals surface area contributed by atoms with Crippen LogP contribution in [0.2, 0.25) is 0 Å². The summed E-state index contributed by atoms with van der Waals surface area (Å²) in [5.74, 6) is -0.882. The van der Waals surface area contributed by atoms with Crippen LogP contribution in [0.1, 0.15) is 21.7 Å². The number of allylic oxidation sites excluding steroid dienone is 1. The number of ketones is 1. The Kier molecular flexibility index (Phi) is 4.95. The van der Waals surface area contributed by atoms with Crippen LogP contribution in [-0.2, 0) is 4.79 Å². The van der Waals surface area contributed by atoms with E-state index in [0.717, 1.165) is 0 Å². The molecule has 116 valence electrons. The van der Waals surface area contributed by atoms with Crippen molar-refractivity contribution in [1.29, 1.82) is 5.26 Å². The average molecular weight is 311 g/mol. The van der Waals surface area contributed by atoms with Gasteiger partial charge in [-0.25, -0.2) is 4.79 Å². The molecule has 0 unspecified atom stereocenters. The van der Waals surface area contributed by atoms with Crippen molar-refractivity contribution in [3.63, 3.8) is 0 Å². The van der Waals surface area contributed by atoms with E-state index in [1.165, 1.54) is 18.4 Å². The number of benzene rings is 1. The van der Waals surface area contributed by atoms with Crippen molar-refractivity contribution in [2.45, 2.75) is 6.92 Å². The van der Waals surface area contributed by atoms with Crippen LogP contribution in [0.25, 0.3) is 6.08 Å². The van der Waals surface area contributed by atoms with Crippen molar-refractivity contribution in [2.75, 3.05) is 6.61 Å². The lowest BCUT2D eigenvalue weighted by Crippen LogP contribution is -2.10. The number of ether oxygens (including phenoxy) is 1. The minimum Gasteiger partial charge on any atom is -0.481 e. The Bertz CT molecular complexity index is 810. The van der Waals surface area contributed by atoms with E-state index in [1.807, 2.05) is 6.07 Å². The van der Waals surface area contributed by atoms with Crippen molar-refractivity contribution < 1.29 is 23.8 Å². The van der Waals surface area contributed by atoms with Gasteiger partial charge in [-0.2, -0.15) is 5.26 Å². The lowest BCUT2D eigenvalue weighted by Gasteiger charge is -2.07. The Morgan fingerprint density at radius 2 is 2.09 bits per heavy atom. The topological polar surface area (TPSA) is 101 Å². The summed E-state index contributed by atoms with van der Waals surface area (Å²) >= 11 is 0. The first kappa shape index (κ1) is 16.0. The minimum atomic E-state index is -1.12. The maximum atomic E-state index is 12.4. The van der Waals surface area contributed by atoms with Crippen LogP contribution in [0.4, 0.5) is 0 Å². The molecule has 2 rings (SSSR count). The maximum Gasteiger partial charge on any atom is 0.341 e. The van der Waals surface area contributed by atoms with Gasteiger partial charge in [0.1, 0.15) is 23.2 Å². The average Bonchev–Trinajstić information content (AvgIpc) is 2.96. The van der Waals surface area contributed by atoms with E-state index in [0.29, 0.717) is 16.9 Å². The predicted octanol–water partition coefficient (Wildman–Crippen LogP) is 2.84. The SMILES string of the molecule is Cc1occc1C(=O)/C(C#N)=C/c1ccccc1OCC(=O)O. The van der Waals surface area contributed by atoms with Gasteiger partial charge in [0, 0.05) is 5.56 Å². The van der Waals surface area contributed by atoms with Crippen molar-refractivity contribution >= 4 is 17.8 Å². The van der Waals surface area contributed by atoms with Gasteiger partial charge in [-0.3, -0.25) is 4.79 Å². The molecule has 0 fully saturated rings. The number of aliphatic carboxylic acids is 1. The van der Waals surface area contributed by atoms with Crippen molar-refractivity contribution in [2.24, 2.45) is 0 Å². The van der Waals surface area contributed by atoms with E-state index in [1.54, 1.807) is 31.2 Å². The van der Waals surface area contributed by atoms with Gasteiger partial charge in [-0.15, -0.1) is 0 Å². The van der Waals surface area contributed by atoms with E-state index in [9.17, 15) is 14.9 Å². The van der Waals surface area contributed by atoms with Crippen molar-refractivity contribution in [3.8, 4) is 11.8 Å². The fourth-order valence-electron chi connectivity index (χ4n) is 1.94. The number of Topliss-reactive ketones (excluding diaryl/α,β-unsaturated/α-hetero) is 1. The number of carboxylic acids is 1. The summed E-state index contributed by atoms with van der Waals surface area (Å²) in [4.78, 5) is 23.0. The molecule has 1 heterocycles. The number of nitrogens with zero attached hydrogens (tertiary/aromatic N) is 1. The van der Waals surface area contributed by atoms with E-state index in [-0.39, 0.29) is 11.3 Å². The van der Waals surface area contributed by atoms with Gasteiger partial charge in [-0.05, 0) is 25.1 Å². The molecule has 23 heavy (non-hydrogen) atoms. The van der Waals surface area contributed by atoms with Crippen LogP contribution in [0.15, 0.2) is 46.6 Å². The van der Waals surface area contributed by atoms with E-state index < -0.39 is 18.4 Å². The van der Waals surface area contributed by atoms with Gasteiger partial charge in [-0.1, -0.05) is 18.2 Å². The number of rotatable bonds is 6. The second-order valence-electron chi connectivity index (χ2n) is 4.61. The summed E-state index contributed by atoms with van der Waals surface area (Å²) in [6, 6.07) is 9.91. The number of furan rings is 1. The van der Waals surface area contributed by atoms with E-state index in [2.05, 4.69) is 0 Å². The summed E-state index contributed by atoms with van der Waals surface area (Å²) in [7, 11) is 0. The smallest absolute Gasteiger partial charge is 0.341 e. The molecule has 0 aliphatic heterocycles. The number of hydrogen-bond acceptors (Lipinski definition) is 5. The number of carbonyl (C=O) groups is 2. The van der Waals surface area contributed by atoms with Gasteiger partial charge < -0.3 is 14.3 Å². The molecule has 0 saturated carbocycles. The number of hydrogen-bond donors (Lipinski definition) is 1. The molecule has 1 aromatic heterocycles. The zero-order chi connectivity index (χ0) is 16.8. The van der Waals surface area contributed by atoms with E-state index in [4.69, 9.17) is 14.3 Å². The van der Waals surface area contributed by atoms with E-state index >= 15 is 0 Å². The second-order valence-corrected chi connectivity index (χ2v) is 4.61. The quantitative estimate of drug-likeness (QED) is 0.500. The molecule has 0 saturated heterocycles. The third kappa shape index (κ3) is 3.86. The molecule has 6 nitrogen and oxygen atoms in total. The highest BCUT2D eigenvalue weighted by Gasteiger charge is 2.17. The molecule has 0 atom stereocenters. The van der Waals surface area contributed by atoms with Crippen LogP contribution >= 0.6 is 0 Å². The Morgan fingerprint density at radius 3 is 2.70 bits per heavy atom. The Hall–Kier alpha value is -3.33. The molecule has 2 aromatic rings. The molecule has 0 bridgehead atoms. The number of para-hydroxylation sites is 1. The molecule has 6 heteroatoms. The highest BCUT2D eigenvalue weighted by atomic mass is 16.5. The van der Waals surface area contributed by atoms with Gasteiger partial charge in [0.15, 0.2) is 6.61 Å². The number of carboxylic acid groups (broad SMARTS) is 1. The Morgan fingerprint density at radius 1 is 1.35 bits per heavy atom. The lowest BCUT2D eigenvalue weighted by atomic mass is 10.0. The zero-order valence-corrected chi connectivity index (χ0v) is 12.3. The molecular formula is C17H13NO5. The molecular weight excluding hydrogens is 298 g/mol. The molecule has 1 N–H and O–H groups in total. The Balaban J connectivity index is 2.35. The minimum absolute atomic E-state index is 0.0964. The number of carbonyl (C=O) groups excluding carboxylic acids is 1. The van der Waals surface area contributed by atoms with Gasteiger partial charge in [0.2, 0.25) is 5.78 Å². The summed E-state index contributed by atoms with van der Waals surface area (Å²) in [6.45, 7) is 1.12.